The molecule has 0 fully saturated rings. The molecule has 3 aromatic heterocycles. The van der Waals surface area contributed by atoms with Crippen LogP contribution in [-0.4, -0.2) is 30.1 Å². The Morgan fingerprint density at radius 1 is 0.871 bits per heavy atom. The summed E-state index contributed by atoms with van der Waals surface area (Å²) in [5.41, 5.74) is 1.63. The Morgan fingerprint density at radius 2 is 1.65 bits per heavy atom. The largest absolute Gasteiger partial charge is 0.416 e. The first-order valence-corrected chi connectivity index (χ1v) is 9.74. The van der Waals surface area contributed by atoms with Gasteiger partial charge in [-0.2, -0.15) is 13.2 Å². The monoisotopic (exact) mass is 440 g/mol. The van der Waals surface area contributed by atoms with Crippen molar-refractivity contribution in [3.8, 4) is 22.8 Å². The molecule has 2 aromatic carbocycles. The van der Waals surface area contributed by atoms with Crippen molar-refractivity contribution >= 4 is 22.9 Å². The van der Waals surface area contributed by atoms with Gasteiger partial charge in [-0.1, -0.05) is 30.3 Å². The molecular weight excluding hydrogens is 429 g/mol. The minimum Gasteiger partial charge on any atom is -0.411 e. The quantitative estimate of drug-likeness (QED) is 0.382. The van der Waals surface area contributed by atoms with E-state index in [-0.39, 0.29) is 11.1 Å². The molecule has 0 unspecified atom stereocenters. The van der Waals surface area contributed by atoms with E-state index in [2.05, 4.69) is 30.1 Å². The van der Waals surface area contributed by atoms with Gasteiger partial charge in [0, 0.05) is 11.1 Å². The van der Waals surface area contributed by atoms with Crippen LogP contribution < -0.4 is 0 Å². The molecule has 0 aliphatic rings. The van der Waals surface area contributed by atoms with Crippen molar-refractivity contribution < 1.29 is 17.6 Å². The van der Waals surface area contributed by atoms with Crippen molar-refractivity contribution in [2.24, 2.45) is 0 Å². The summed E-state index contributed by atoms with van der Waals surface area (Å²) in [5, 5.41) is 8.56. The molecule has 0 aliphatic heterocycles. The molecule has 7 nitrogen and oxygen atoms in total. The molecule has 0 bridgehead atoms. The number of hydrogen-bond acceptors (Lipinski definition) is 7. The molecule has 0 saturated heterocycles. The van der Waals surface area contributed by atoms with Crippen molar-refractivity contribution in [1.82, 2.24) is 30.1 Å². The van der Waals surface area contributed by atoms with Crippen molar-refractivity contribution in [3.05, 3.63) is 66.5 Å². The van der Waals surface area contributed by atoms with Gasteiger partial charge in [0.25, 0.3) is 5.22 Å². The lowest BCUT2D eigenvalue weighted by molar-refractivity contribution is -0.137. The van der Waals surface area contributed by atoms with Gasteiger partial charge in [0.1, 0.15) is 22.7 Å². The van der Waals surface area contributed by atoms with Gasteiger partial charge in [0.2, 0.25) is 5.89 Å². The second-order valence-corrected chi connectivity index (χ2v) is 7.32. The molecule has 1 N–H and O–H groups in total. The average Bonchev–Trinajstić information content (AvgIpc) is 3.42. The number of nitrogens with one attached hydrogen (secondary N) is 1. The predicted molar refractivity (Wildman–Crippen MR) is 106 cm³/mol. The van der Waals surface area contributed by atoms with Crippen LogP contribution >= 0.6 is 11.8 Å². The van der Waals surface area contributed by atoms with E-state index in [0.717, 1.165) is 29.5 Å². The molecule has 11 heteroatoms. The molecule has 5 aromatic rings. The number of rotatable bonds is 4. The predicted octanol–water partition coefficient (Wildman–Crippen LogP) is 5.24. The fraction of sp³-hybridized carbons (Fsp3) is 0.0500. The topological polar surface area (TPSA) is 93.4 Å². The number of aromatic amines is 1. The van der Waals surface area contributed by atoms with Crippen LogP contribution in [0.1, 0.15) is 5.56 Å². The lowest BCUT2D eigenvalue weighted by atomic mass is 10.1. The highest BCUT2D eigenvalue weighted by atomic mass is 32.2. The van der Waals surface area contributed by atoms with Gasteiger partial charge >= 0.3 is 6.18 Å². The van der Waals surface area contributed by atoms with Crippen LogP contribution in [0.25, 0.3) is 34.0 Å². The van der Waals surface area contributed by atoms with Crippen LogP contribution in [0, 0.1) is 0 Å². The van der Waals surface area contributed by atoms with E-state index in [1.54, 1.807) is 0 Å². The van der Waals surface area contributed by atoms with Gasteiger partial charge in [-0.25, -0.2) is 15.0 Å². The maximum Gasteiger partial charge on any atom is 0.416 e. The minimum atomic E-state index is -4.41. The Hall–Kier alpha value is -3.73. The van der Waals surface area contributed by atoms with E-state index in [1.165, 1.54) is 18.5 Å². The summed E-state index contributed by atoms with van der Waals surface area (Å²) in [6, 6.07) is 14.1. The summed E-state index contributed by atoms with van der Waals surface area (Å²) in [4.78, 5) is 16.2. The van der Waals surface area contributed by atoms with Crippen molar-refractivity contribution in [2.45, 2.75) is 16.4 Å². The van der Waals surface area contributed by atoms with Crippen LogP contribution in [0.5, 0.6) is 0 Å². The Morgan fingerprint density at radius 3 is 2.39 bits per heavy atom. The summed E-state index contributed by atoms with van der Waals surface area (Å²) < 4.78 is 43.8. The summed E-state index contributed by atoms with van der Waals surface area (Å²) in [6.45, 7) is 0. The molecule has 0 atom stereocenters. The first-order valence-electron chi connectivity index (χ1n) is 8.92. The fourth-order valence-corrected chi connectivity index (χ4v) is 3.57. The summed E-state index contributed by atoms with van der Waals surface area (Å²) in [5.74, 6) is 0.752. The number of nitrogens with zero attached hydrogens (tertiary/aromatic N) is 5. The molecule has 0 aliphatic carbocycles. The highest BCUT2D eigenvalue weighted by Crippen LogP contribution is 2.34. The summed E-state index contributed by atoms with van der Waals surface area (Å²) >= 11 is 1.09. The second-order valence-electron chi connectivity index (χ2n) is 6.38. The lowest BCUT2D eigenvalue weighted by Gasteiger charge is -2.05. The van der Waals surface area contributed by atoms with E-state index < -0.39 is 11.7 Å². The number of imidazole rings is 1. The first kappa shape index (κ1) is 19.2. The number of alkyl halides is 3. The van der Waals surface area contributed by atoms with E-state index in [9.17, 15) is 13.2 Å². The van der Waals surface area contributed by atoms with Gasteiger partial charge in [-0.15, -0.1) is 10.2 Å². The molecule has 5 rings (SSSR count). The zero-order chi connectivity index (χ0) is 21.4. The van der Waals surface area contributed by atoms with Gasteiger partial charge in [-0.05, 0) is 36.0 Å². The smallest absolute Gasteiger partial charge is 0.411 e. The molecule has 0 spiro atoms. The lowest BCUT2D eigenvalue weighted by Crippen LogP contribution is -2.03. The van der Waals surface area contributed by atoms with Crippen molar-refractivity contribution in [2.75, 3.05) is 0 Å². The standard InChI is InChI=1S/C20H11F3N6OS/c21-20(22,23)13-8-6-12(7-9-13)17-28-29-19(30-17)31-18-14-16(24-10-25-18)27-15(26-14)11-4-2-1-3-5-11/h1-10H,(H,24,25,26,27). The number of H-pyrrole nitrogens is 1. The zero-order valence-electron chi connectivity index (χ0n) is 15.5. The fourth-order valence-electron chi connectivity index (χ4n) is 2.87. The zero-order valence-corrected chi connectivity index (χ0v) is 16.3. The number of hydrogen-bond donors (Lipinski definition) is 1. The molecule has 3 heterocycles. The van der Waals surface area contributed by atoms with Crippen LogP contribution in [0.15, 0.2) is 75.6 Å². The van der Waals surface area contributed by atoms with Gasteiger partial charge < -0.3 is 9.40 Å². The highest BCUT2D eigenvalue weighted by molar-refractivity contribution is 7.99. The third kappa shape index (κ3) is 3.87. The van der Waals surface area contributed by atoms with Crippen LogP contribution in [0.4, 0.5) is 13.2 Å². The average molecular weight is 440 g/mol. The van der Waals surface area contributed by atoms with Gasteiger partial charge in [0.15, 0.2) is 5.65 Å². The Bertz CT molecular complexity index is 1350. The normalized spacial score (nSPS) is 11.8. The second kappa shape index (κ2) is 7.51. The van der Waals surface area contributed by atoms with Crippen LogP contribution in [0.2, 0.25) is 0 Å². The van der Waals surface area contributed by atoms with Gasteiger partial charge in [0.05, 0.1) is 5.56 Å². The third-order valence-corrected chi connectivity index (χ3v) is 5.18. The molecule has 154 valence electrons. The molecule has 0 saturated carbocycles. The maximum absolute atomic E-state index is 12.7. The van der Waals surface area contributed by atoms with Crippen LogP contribution in [0.3, 0.4) is 0 Å². The Kier molecular flexibility index (Phi) is 4.66. The van der Waals surface area contributed by atoms with Crippen molar-refractivity contribution in [3.63, 3.8) is 0 Å². The number of aromatic nitrogens is 6. The van der Waals surface area contributed by atoms with E-state index in [4.69, 9.17) is 4.42 Å². The van der Waals surface area contributed by atoms with E-state index >= 15 is 0 Å². The first-order chi connectivity index (χ1) is 15.0. The highest BCUT2D eigenvalue weighted by Gasteiger charge is 2.30. The summed E-state index contributed by atoms with van der Waals surface area (Å²) in [7, 11) is 0. The van der Waals surface area contributed by atoms with E-state index in [0.29, 0.717) is 27.6 Å². The van der Waals surface area contributed by atoms with Crippen LogP contribution in [-0.2, 0) is 6.18 Å². The Balaban J connectivity index is 1.42. The number of halogens is 3. The van der Waals surface area contributed by atoms with Gasteiger partial charge in [-0.3, -0.25) is 0 Å². The molecule has 0 amide bonds. The molecular formula is C20H11F3N6OS. The summed E-state index contributed by atoms with van der Waals surface area (Å²) in [6.07, 6.45) is -3.01. The number of fused-ring (bicyclic) bond motifs is 1. The van der Waals surface area contributed by atoms with E-state index in [1.807, 2.05) is 30.3 Å². The third-order valence-electron chi connectivity index (χ3n) is 4.35. The maximum atomic E-state index is 12.7. The number of benzene rings is 2. The minimum absolute atomic E-state index is 0.105. The Labute approximate surface area is 176 Å². The SMILES string of the molecule is FC(F)(F)c1ccc(-c2nnc(Sc3ncnc4[nH]c(-c5ccccc5)nc34)o2)cc1. The van der Waals surface area contributed by atoms with Crippen molar-refractivity contribution in [1.29, 1.82) is 0 Å². The molecule has 31 heavy (non-hydrogen) atoms. The molecule has 0 radical (unpaired) electrons.